The highest BCUT2D eigenvalue weighted by molar-refractivity contribution is 9.10. The number of nitrogens with one attached hydrogen (secondary N) is 2. The fraction of sp³-hybridized carbons (Fsp3) is 0.148. The maximum Gasteiger partial charge on any atom is 0.266 e. The van der Waals surface area contributed by atoms with E-state index in [0.717, 1.165) is 11.1 Å². The molecule has 0 unspecified atom stereocenters. The second-order valence-corrected chi connectivity index (χ2v) is 9.09. The van der Waals surface area contributed by atoms with E-state index in [1.165, 1.54) is 13.2 Å². The molecule has 0 spiro atoms. The normalized spacial score (nSPS) is 10.8. The van der Waals surface area contributed by atoms with Crippen molar-refractivity contribution < 1.29 is 19.1 Å². The first-order valence-corrected chi connectivity index (χ1v) is 11.9. The summed E-state index contributed by atoms with van der Waals surface area (Å²) in [7, 11) is 1.45. The molecular formula is C27H23BrClN3O4. The van der Waals surface area contributed by atoms with Crippen molar-refractivity contribution in [3.8, 4) is 17.6 Å². The molecule has 36 heavy (non-hydrogen) atoms. The molecule has 0 bridgehead atoms. The molecule has 0 saturated heterocycles. The molecule has 184 valence electrons. The first-order valence-electron chi connectivity index (χ1n) is 10.8. The van der Waals surface area contributed by atoms with E-state index in [2.05, 4.69) is 26.6 Å². The Balaban J connectivity index is 1.73. The van der Waals surface area contributed by atoms with Crippen molar-refractivity contribution in [3.05, 3.63) is 86.4 Å². The van der Waals surface area contributed by atoms with Gasteiger partial charge in [-0.15, -0.1) is 0 Å². The summed E-state index contributed by atoms with van der Waals surface area (Å²) in [5.74, 6) is -0.301. The van der Waals surface area contributed by atoms with Crippen LogP contribution in [0.15, 0.2) is 64.6 Å². The number of methoxy groups -OCH3 is 1. The van der Waals surface area contributed by atoms with Gasteiger partial charge in [-0.25, -0.2) is 0 Å². The second-order valence-electron chi connectivity index (χ2n) is 7.82. The van der Waals surface area contributed by atoms with E-state index in [1.807, 2.05) is 32.0 Å². The van der Waals surface area contributed by atoms with E-state index < -0.39 is 5.91 Å². The van der Waals surface area contributed by atoms with Gasteiger partial charge in [0.1, 0.15) is 11.6 Å². The summed E-state index contributed by atoms with van der Waals surface area (Å²) in [6, 6.07) is 17.7. The fourth-order valence-electron chi connectivity index (χ4n) is 3.12. The molecule has 9 heteroatoms. The molecule has 0 saturated carbocycles. The Morgan fingerprint density at radius 1 is 1.06 bits per heavy atom. The average molecular weight is 569 g/mol. The highest BCUT2D eigenvalue weighted by Crippen LogP contribution is 2.37. The van der Waals surface area contributed by atoms with Crippen LogP contribution < -0.4 is 20.1 Å². The van der Waals surface area contributed by atoms with Gasteiger partial charge in [0.25, 0.3) is 11.8 Å². The number of amides is 2. The molecule has 0 radical (unpaired) electrons. The van der Waals surface area contributed by atoms with Crippen molar-refractivity contribution in [3.63, 3.8) is 0 Å². The minimum atomic E-state index is -0.537. The zero-order valence-corrected chi connectivity index (χ0v) is 22.2. The van der Waals surface area contributed by atoms with Crippen LogP contribution in [-0.4, -0.2) is 25.5 Å². The Morgan fingerprint density at radius 3 is 2.39 bits per heavy atom. The molecule has 0 heterocycles. The summed E-state index contributed by atoms with van der Waals surface area (Å²) >= 11 is 9.52. The third-order valence-corrected chi connectivity index (χ3v) is 6.04. The van der Waals surface area contributed by atoms with Crippen molar-refractivity contribution in [1.29, 1.82) is 5.26 Å². The largest absolute Gasteiger partial charge is 0.493 e. The molecule has 0 aliphatic heterocycles. The van der Waals surface area contributed by atoms with Gasteiger partial charge in [0.05, 0.1) is 11.6 Å². The Labute approximate surface area is 222 Å². The van der Waals surface area contributed by atoms with Crippen LogP contribution in [0.2, 0.25) is 5.02 Å². The minimum absolute atomic E-state index is 0.0886. The summed E-state index contributed by atoms with van der Waals surface area (Å²) in [5.41, 5.74) is 3.54. The molecule has 7 nitrogen and oxygen atoms in total. The van der Waals surface area contributed by atoms with Gasteiger partial charge in [-0.2, -0.15) is 5.26 Å². The number of halogens is 2. The van der Waals surface area contributed by atoms with Crippen LogP contribution >= 0.6 is 27.5 Å². The molecule has 2 amide bonds. The van der Waals surface area contributed by atoms with Crippen LogP contribution in [0.3, 0.4) is 0 Å². The van der Waals surface area contributed by atoms with Crippen LogP contribution in [0.4, 0.5) is 11.4 Å². The maximum atomic E-state index is 12.6. The van der Waals surface area contributed by atoms with Crippen LogP contribution in [0.5, 0.6) is 11.5 Å². The van der Waals surface area contributed by atoms with Crippen molar-refractivity contribution in [1.82, 2.24) is 0 Å². The zero-order chi connectivity index (χ0) is 26.2. The zero-order valence-electron chi connectivity index (χ0n) is 19.8. The Kier molecular flexibility index (Phi) is 9.12. The van der Waals surface area contributed by atoms with Gasteiger partial charge in [0.2, 0.25) is 0 Å². The maximum absolute atomic E-state index is 12.6. The smallest absolute Gasteiger partial charge is 0.266 e. The molecule has 0 aliphatic rings. The van der Waals surface area contributed by atoms with Crippen molar-refractivity contribution >= 4 is 56.8 Å². The Bertz CT molecular complexity index is 1360. The summed E-state index contributed by atoms with van der Waals surface area (Å²) in [4.78, 5) is 24.9. The van der Waals surface area contributed by atoms with Crippen LogP contribution in [-0.2, 0) is 9.59 Å². The molecular weight excluding hydrogens is 546 g/mol. The lowest BCUT2D eigenvalue weighted by atomic mass is 10.1. The number of hydrogen-bond acceptors (Lipinski definition) is 5. The number of nitriles is 1. The lowest BCUT2D eigenvalue weighted by Gasteiger charge is -2.14. The Morgan fingerprint density at radius 2 is 1.75 bits per heavy atom. The SMILES string of the molecule is COc1cc(/C=C(/C#N)C(=O)Nc2ccc(C)cc2)cc(Br)c1OCC(=O)Nc1ccc(C)c(Cl)c1. The van der Waals surface area contributed by atoms with E-state index in [4.69, 9.17) is 21.1 Å². The number of carbonyl (C=O) groups excluding carboxylic acids is 2. The molecule has 0 fully saturated rings. The second kappa shape index (κ2) is 12.2. The first kappa shape index (κ1) is 26.8. The van der Waals surface area contributed by atoms with Gasteiger partial charge in [-0.3, -0.25) is 9.59 Å². The van der Waals surface area contributed by atoms with Gasteiger partial charge in [0, 0.05) is 16.4 Å². The van der Waals surface area contributed by atoms with Crippen LogP contribution in [0.25, 0.3) is 6.08 Å². The summed E-state index contributed by atoms with van der Waals surface area (Å²) in [6.45, 7) is 3.53. The lowest BCUT2D eigenvalue weighted by molar-refractivity contribution is -0.118. The van der Waals surface area contributed by atoms with Gasteiger partial charge in [0.15, 0.2) is 18.1 Å². The van der Waals surface area contributed by atoms with Crippen LogP contribution in [0.1, 0.15) is 16.7 Å². The molecule has 3 aromatic rings. The number of ether oxygens (including phenoxy) is 2. The van der Waals surface area contributed by atoms with Crippen molar-refractivity contribution in [2.75, 3.05) is 24.4 Å². The molecule has 3 rings (SSSR count). The predicted molar refractivity (Wildman–Crippen MR) is 144 cm³/mol. The van der Waals surface area contributed by atoms with E-state index in [1.54, 1.807) is 42.5 Å². The monoisotopic (exact) mass is 567 g/mol. The van der Waals surface area contributed by atoms with Gasteiger partial charge in [-0.1, -0.05) is 35.4 Å². The topological polar surface area (TPSA) is 100 Å². The summed E-state index contributed by atoms with van der Waals surface area (Å²) in [5, 5.41) is 15.5. The highest BCUT2D eigenvalue weighted by Gasteiger charge is 2.16. The number of nitrogens with zero attached hydrogens (tertiary/aromatic N) is 1. The average Bonchev–Trinajstić information content (AvgIpc) is 2.85. The van der Waals surface area contributed by atoms with E-state index in [0.29, 0.717) is 37.9 Å². The molecule has 2 N–H and O–H groups in total. The standard InChI is InChI=1S/C27H23BrClN3O4/c1-16-4-7-20(8-5-16)32-27(34)19(14-30)10-18-11-22(28)26(24(12-18)35-3)36-15-25(33)31-21-9-6-17(2)23(29)13-21/h4-13H,15H2,1-3H3,(H,31,33)(H,32,34)/b19-10-. The molecule has 3 aromatic carbocycles. The van der Waals surface area contributed by atoms with E-state index in [9.17, 15) is 14.9 Å². The number of carbonyl (C=O) groups is 2. The lowest BCUT2D eigenvalue weighted by Crippen LogP contribution is -2.20. The molecule has 0 atom stereocenters. The van der Waals surface area contributed by atoms with Gasteiger partial charge in [-0.05, 0) is 83.4 Å². The number of benzene rings is 3. The summed E-state index contributed by atoms with van der Waals surface area (Å²) < 4.78 is 11.6. The number of rotatable bonds is 8. The summed E-state index contributed by atoms with van der Waals surface area (Å²) in [6.07, 6.45) is 1.44. The van der Waals surface area contributed by atoms with Crippen molar-refractivity contribution in [2.24, 2.45) is 0 Å². The van der Waals surface area contributed by atoms with E-state index in [-0.39, 0.29) is 18.1 Å². The Hall–Kier alpha value is -3.80. The minimum Gasteiger partial charge on any atom is -0.493 e. The predicted octanol–water partition coefficient (Wildman–Crippen LogP) is 6.29. The first-order chi connectivity index (χ1) is 17.2. The quantitative estimate of drug-likeness (QED) is 0.246. The third kappa shape index (κ3) is 7.11. The highest BCUT2D eigenvalue weighted by atomic mass is 79.9. The van der Waals surface area contributed by atoms with Gasteiger partial charge < -0.3 is 20.1 Å². The number of hydrogen-bond donors (Lipinski definition) is 2. The van der Waals surface area contributed by atoms with E-state index >= 15 is 0 Å². The third-order valence-electron chi connectivity index (χ3n) is 5.04. The molecule has 0 aromatic heterocycles. The fourth-order valence-corrected chi connectivity index (χ4v) is 3.87. The van der Waals surface area contributed by atoms with Crippen molar-refractivity contribution in [2.45, 2.75) is 13.8 Å². The number of anilines is 2. The van der Waals surface area contributed by atoms with Crippen LogP contribution in [0, 0.1) is 25.2 Å². The number of aryl methyl sites for hydroxylation is 2. The van der Waals surface area contributed by atoms with Gasteiger partial charge >= 0.3 is 0 Å². The molecule has 0 aliphatic carbocycles.